The molecule has 0 saturated carbocycles. The Labute approximate surface area is 167 Å². The van der Waals surface area contributed by atoms with Crippen molar-refractivity contribution in [2.24, 2.45) is 5.10 Å². The molecule has 0 aliphatic carbocycles. The number of benzene rings is 2. The lowest BCUT2D eigenvalue weighted by atomic mass is 10.0. The van der Waals surface area contributed by atoms with E-state index in [-0.39, 0.29) is 18.4 Å². The zero-order chi connectivity index (χ0) is 20.2. The number of para-hydroxylation sites is 1. The van der Waals surface area contributed by atoms with Crippen molar-refractivity contribution in [3.8, 4) is 11.5 Å². The Hall–Kier alpha value is -3.61. The van der Waals surface area contributed by atoms with Crippen LogP contribution in [0.4, 0.5) is 4.39 Å². The lowest BCUT2D eigenvalue weighted by molar-refractivity contribution is -0.135. The summed E-state index contributed by atoms with van der Waals surface area (Å²) < 4.78 is 29.8. The van der Waals surface area contributed by atoms with E-state index in [4.69, 9.17) is 13.9 Å². The van der Waals surface area contributed by atoms with Crippen molar-refractivity contribution < 1.29 is 23.1 Å². The van der Waals surface area contributed by atoms with Crippen LogP contribution in [0.2, 0.25) is 0 Å². The van der Waals surface area contributed by atoms with Crippen LogP contribution < -0.4 is 9.47 Å². The second-order valence-corrected chi connectivity index (χ2v) is 6.47. The fourth-order valence-electron chi connectivity index (χ4n) is 3.17. The number of amides is 1. The first kappa shape index (κ1) is 18.7. The van der Waals surface area contributed by atoms with Gasteiger partial charge < -0.3 is 13.9 Å². The van der Waals surface area contributed by atoms with E-state index in [0.717, 1.165) is 17.0 Å². The fourth-order valence-corrected chi connectivity index (χ4v) is 3.17. The number of hydrogen-bond acceptors (Lipinski definition) is 5. The molecule has 0 radical (unpaired) electrons. The van der Waals surface area contributed by atoms with Crippen LogP contribution in [0.3, 0.4) is 0 Å². The van der Waals surface area contributed by atoms with Gasteiger partial charge in [0.1, 0.15) is 17.6 Å². The molecule has 4 rings (SSSR count). The van der Waals surface area contributed by atoms with Gasteiger partial charge in [0.2, 0.25) is 0 Å². The Bertz CT molecular complexity index is 1020. The van der Waals surface area contributed by atoms with E-state index in [2.05, 4.69) is 5.10 Å². The molecule has 2 heterocycles. The molecular weight excluding hydrogens is 375 g/mol. The van der Waals surface area contributed by atoms with E-state index in [9.17, 15) is 9.18 Å². The number of carbonyl (C=O) groups is 1. The van der Waals surface area contributed by atoms with Crippen molar-refractivity contribution in [2.75, 3.05) is 13.7 Å². The molecule has 1 aliphatic rings. The van der Waals surface area contributed by atoms with Gasteiger partial charge in [-0.1, -0.05) is 12.1 Å². The maximum Gasteiger partial charge on any atom is 0.281 e. The molecule has 2 aromatic carbocycles. The summed E-state index contributed by atoms with van der Waals surface area (Å²) in [6.07, 6.45) is 2.05. The standard InChI is InChI=1S/C22H19FN2O4/c1-27-16-10-8-15(9-11-16)18-13-19(21-7-4-12-28-21)25(24-18)22(26)14-29-20-6-3-2-5-17(20)23/h2-12,19H,13-14H2,1H3. The van der Waals surface area contributed by atoms with Gasteiger partial charge in [0.05, 0.1) is 19.1 Å². The van der Waals surface area contributed by atoms with Gasteiger partial charge in [0, 0.05) is 6.42 Å². The molecule has 148 valence electrons. The average Bonchev–Trinajstić information content (AvgIpc) is 3.43. The summed E-state index contributed by atoms with van der Waals surface area (Å²) in [7, 11) is 1.60. The van der Waals surface area contributed by atoms with Crippen molar-refractivity contribution in [2.45, 2.75) is 12.5 Å². The normalized spacial score (nSPS) is 15.9. The molecule has 1 aliphatic heterocycles. The van der Waals surface area contributed by atoms with Crippen LogP contribution in [0.5, 0.6) is 11.5 Å². The van der Waals surface area contributed by atoms with Crippen LogP contribution in [0.15, 0.2) is 76.4 Å². The van der Waals surface area contributed by atoms with E-state index in [1.54, 1.807) is 37.6 Å². The third kappa shape index (κ3) is 3.99. The van der Waals surface area contributed by atoms with Gasteiger partial charge in [0.15, 0.2) is 18.2 Å². The summed E-state index contributed by atoms with van der Waals surface area (Å²) in [4.78, 5) is 12.8. The highest BCUT2D eigenvalue weighted by atomic mass is 19.1. The lowest BCUT2D eigenvalue weighted by Gasteiger charge is -2.20. The van der Waals surface area contributed by atoms with E-state index in [1.165, 1.54) is 17.1 Å². The van der Waals surface area contributed by atoms with Crippen LogP contribution in [0, 0.1) is 5.82 Å². The summed E-state index contributed by atoms with van der Waals surface area (Å²) in [6, 6.07) is 16.6. The zero-order valence-electron chi connectivity index (χ0n) is 15.7. The molecule has 1 amide bonds. The molecule has 1 atom stereocenters. The van der Waals surface area contributed by atoms with Crippen molar-refractivity contribution >= 4 is 11.6 Å². The Morgan fingerprint density at radius 1 is 1.17 bits per heavy atom. The van der Waals surface area contributed by atoms with Gasteiger partial charge in [0.25, 0.3) is 5.91 Å². The Morgan fingerprint density at radius 3 is 2.66 bits per heavy atom. The molecular formula is C22H19FN2O4. The van der Waals surface area contributed by atoms with Gasteiger partial charge in [-0.15, -0.1) is 0 Å². The highest BCUT2D eigenvalue weighted by Crippen LogP contribution is 2.33. The topological polar surface area (TPSA) is 64.3 Å². The Balaban J connectivity index is 1.55. The van der Waals surface area contributed by atoms with E-state index in [0.29, 0.717) is 12.2 Å². The minimum absolute atomic E-state index is 0.0222. The number of halogens is 1. The third-order valence-corrected chi connectivity index (χ3v) is 4.65. The van der Waals surface area contributed by atoms with Crippen molar-refractivity contribution in [1.82, 2.24) is 5.01 Å². The Morgan fingerprint density at radius 2 is 1.97 bits per heavy atom. The number of hydrazone groups is 1. The van der Waals surface area contributed by atoms with Crippen LogP contribution in [-0.2, 0) is 4.79 Å². The third-order valence-electron chi connectivity index (χ3n) is 4.65. The molecule has 7 heteroatoms. The number of furan rings is 1. The van der Waals surface area contributed by atoms with Crippen LogP contribution >= 0.6 is 0 Å². The Kier molecular flexibility index (Phi) is 5.29. The minimum atomic E-state index is -0.522. The number of rotatable bonds is 6. The van der Waals surface area contributed by atoms with Gasteiger partial charge in [-0.25, -0.2) is 9.40 Å². The maximum atomic E-state index is 13.8. The molecule has 0 saturated heterocycles. The van der Waals surface area contributed by atoms with Crippen molar-refractivity contribution in [1.29, 1.82) is 0 Å². The minimum Gasteiger partial charge on any atom is -0.497 e. The average molecular weight is 394 g/mol. The van der Waals surface area contributed by atoms with Gasteiger partial charge in [-0.3, -0.25) is 4.79 Å². The zero-order valence-corrected chi connectivity index (χ0v) is 15.7. The molecule has 29 heavy (non-hydrogen) atoms. The molecule has 3 aromatic rings. The highest BCUT2D eigenvalue weighted by Gasteiger charge is 2.35. The molecule has 1 unspecified atom stereocenters. The summed E-state index contributed by atoms with van der Waals surface area (Å²) in [5.41, 5.74) is 1.63. The maximum absolute atomic E-state index is 13.8. The number of methoxy groups -OCH3 is 1. The first-order valence-corrected chi connectivity index (χ1v) is 9.10. The quantitative estimate of drug-likeness (QED) is 0.629. The largest absolute Gasteiger partial charge is 0.497 e. The van der Waals surface area contributed by atoms with E-state index >= 15 is 0 Å². The SMILES string of the molecule is COc1ccc(C2=NN(C(=O)COc3ccccc3F)C(c3ccco3)C2)cc1. The highest BCUT2D eigenvalue weighted by molar-refractivity contribution is 6.03. The summed E-state index contributed by atoms with van der Waals surface area (Å²) in [6.45, 7) is -0.336. The summed E-state index contributed by atoms with van der Waals surface area (Å²) in [5.74, 6) is 0.469. The van der Waals surface area contributed by atoms with E-state index < -0.39 is 11.7 Å². The molecule has 6 nitrogen and oxygen atoms in total. The second kappa shape index (κ2) is 8.18. The first-order chi connectivity index (χ1) is 14.2. The summed E-state index contributed by atoms with van der Waals surface area (Å²) >= 11 is 0. The fraction of sp³-hybridized carbons (Fsp3) is 0.182. The molecule has 0 N–H and O–H groups in total. The van der Waals surface area contributed by atoms with Crippen LogP contribution in [0.1, 0.15) is 23.8 Å². The monoisotopic (exact) mass is 394 g/mol. The van der Waals surface area contributed by atoms with Crippen molar-refractivity contribution in [3.05, 3.63) is 84.1 Å². The van der Waals surface area contributed by atoms with Crippen molar-refractivity contribution in [3.63, 3.8) is 0 Å². The van der Waals surface area contributed by atoms with Gasteiger partial charge in [-0.2, -0.15) is 5.10 Å². The predicted octanol–water partition coefficient (Wildman–Crippen LogP) is 4.18. The lowest BCUT2D eigenvalue weighted by Crippen LogP contribution is -2.31. The number of hydrogen-bond donors (Lipinski definition) is 0. The van der Waals surface area contributed by atoms with Gasteiger partial charge >= 0.3 is 0 Å². The summed E-state index contributed by atoms with van der Waals surface area (Å²) in [5, 5.41) is 5.86. The smallest absolute Gasteiger partial charge is 0.281 e. The van der Waals surface area contributed by atoms with E-state index in [1.807, 2.05) is 24.3 Å². The number of ether oxygens (including phenoxy) is 2. The molecule has 0 fully saturated rings. The molecule has 0 bridgehead atoms. The second-order valence-electron chi connectivity index (χ2n) is 6.47. The van der Waals surface area contributed by atoms with Crippen LogP contribution in [0.25, 0.3) is 0 Å². The predicted molar refractivity (Wildman–Crippen MR) is 104 cm³/mol. The molecule has 0 spiro atoms. The first-order valence-electron chi connectivity index (χ1n) is 9.10. The number of carbonyl (C=O) groups excluding carboxylic acids is 1. The molecule has 1 aromatic heterocycles. The van der Waals surface area contributed by atoms with Gasteiger partial charge in [-0.05, 0) is 54.1 Å². The number of nitrogens with zero attached hydrogens (tertiary/aromatic N) is 2. The van der Waals surface area contributed by atoms with Crippen LogP contribution in [-0.4, -0.2) is 30.3 Å².